The van der Waals surface area contributed by atoms with E-state index in [1.54, 1.807) is 0 Å². The average Bonchev–Trinajstić information content (AvgIpc) is 2.62. The minimum Gasteiger partial charge on any atom is -0.465 e. The molecule has 0 aliphatic rings. The Morgan fingerprint density at radius 1 is 1.44 bits per heavy atom. The number of likely N-dealkylation sites (N-methyl/N-ethyl adjacent to an activating group) is 1. The minimum atomic E-state index is 0.0146. The number of rotatable bonds is 5. The maximum absolute atomic E-state index is 5.90. The molecule has 1 unspecified atom stereocenters. The summed E-state index contributed by atoms with van der Waals surface area (Å²) in [6, 6.07) is 4.03. The number of hydrogen-bond donors (Lipinski definition) is 1. The second-order valence-corrected chi connectivity index (χ2v) is 5.08. The summed E-state index contributed by atoms with van der Waals surface area (Å²) < 4.78 is 5.59. The zero-order valence-electron chi connectivity index (χ0n) is 11.1. The molecule has 0 saturated carbocycles. The van der Waals surface area contributed by atoms with Gasteiger partial charge in [-0.3, -0.25) is 4.90 Å². The van der Waals surface area contributed by atoms with Gasteiger partial charge in [0.15, 0.2) is 0 Å². The SMILES string of the molecule is Cc1ccc(CN(C)C(C)(CN)C(C)C)o1. The van der Waals surface area contributed by atoms with E-state index in [9.17, 15) is 0 Å². The molecule has 0 bridgehead atoms. The van der Waals surface area contributed by atoms with E-state index in [2.05, 4.69) is 32.7 Å². The van der Waals surface area contributed by atoms with Crippen LogP contribution in [0.4, 0.5) is 0 Å². The van der Waals surface area contributed by atoms with Gasteiger partial charge in [-0.25, -0.2) is 0 Å². The number of nitrogens with two attached hydrogens (primary N) is 1. The van der Waals surface area contributed by atoms with Crippen molar-refractivity contribution in [3.05, 3.63) is 23.7 Å². The van der Waals surface area contributed by atoms with E-state index in [0.717, 1.165) is 18.1 Å². The first-order valence-corrected chi connectivity index (χ1v) is 5.86. The van der Waals surface area contributed by atoms with E-state index in [1.807, 2.05) is 19.1 Å². The first kappa shape index (κ1) is 13.3. The second kappa shape index (κ2) is 5.02. The Hall–Kier alpha value is -0.800. The van der Waals surface area contributed by atoms with Gasteiger partial charge in [-0.2, -0.15) is 0 Å². The molecule has 92 valence electrons. The molecule has 0 aliphatic carbocycles. The van der Waals surface area contributed by atoms with Crippen LogP contribution in [0.25, 0.3) is 0 Å². The highest BCUT2D eigenvalue weighted by Crippen LogP contribution is 2.24. The minimum absolute atomic E-state index is 0.0146. The third kappa shape index (κ3) is 2.66. The smallest absolute Gasteiger partial charge is 0.118 e. The lowest BCUT2D eigenvalue weighted by molar-refractivity contribution is 0.0806. The summed E-state index contributed by atoms with van der Waals surface area (Å²) in [7, 11) is 2.10. The summed E-state index contributed by atoms with van der Waals surface area (Å²) in [5.41, 5.74) is 5.91. The molecule has 3 nitrogen and oxygen atoms in total. The van der Waals surface area contributed by atoms with Crippen LogP contribution in [-0.2, 0) is 6.54 Å². The van der Waals surface area contributed by atoms with E-state index in [4.69, 9.17) is 10.2 Å². The van der Waals surface area contributed by atoms with Gasteiger partial charge in [0.1, 0.15) is 11.5 Å². The van der Waals surface area contributed by atoms with Crippen molar-refractivity contribution < 1.29 is 4.42 Å². The lowest BCUT2D eigenvalue weighted by Gasteiger charge is -2.41. The maximum Gasteiger partial charge on any atom is 0.118 e. The lowest BCUT2D eigenvalue weighted by Crippen LogP contribution is -2.53. The Bertz CT molecular complexity index is 332. The largest absolute Gasteiger partial charge is 0.465 e. The third-order valence-corrected chi connectivity index (χ3v) is 3.72. The summed E-state index contributed by atoms with van der Waals surface area (Å²) in [5, 5.41) is 0. The standard InChI is InChI=1S/C13H24N2O/c1-10(2)13(4,9-14)15(5)8-12-7-6-11(3)16-12/h6-7,10H,8-9,14H2,1-5H3. The number of hydrogen-bond acceptors (Lipinski definition) is 3. The molecular weight excluding hydrogens is 200 g/mol. The molecule has 2 N–H and O–H groups in total. The van der Waals surface area contributed by atoms with Crippen LogP contribution in [0.2, 0.25) is 0 Å². The molecule has 0 spiro atoms. The van der Waals surface area contributed by atoms with Gasteiger partial charge >= 0.3 is 0 Å². The fourth-order valence-corrected chi connectivity index (χ4v) is 1.82. The van der Waals surface area contributed by atoms with Crippen LogP contribution in [0.1, 0.15) is 32.3 Å². The van der Waals surface area contributed by atoms with Crippen molar-refractivity contribution in [3.8, 4) is 0 Å². The molecule has 0 amide bonds. The summed E-state index contributed by atoms with van der Waals surface area (Å²) in [5.74, 6) is 2.47. The van der Waals surface area contributed by atoms with Crippen molar-refractivity contribution >= 4 is 0 Å². The van der Waals surface area contributed by atoms with E-state index >= 15 is 0 Å². The number of aryl methyl sites for hydroxylation is 1. The number of furan rings is 1. The van der Waals surface area contributed by atoms with Gasteiger partial charge in [0.05, 0.1) is 6.54 Å². The van der Waals surface area contributed by atoms with E-state index in [-0.39, 0.29) is 5.54 Å². The first-order valence-electron chi connectivity index (χ1n) is 5.86. The Kier molecular flexibility index (Phi) is 4.16. The van der Waals surface area contributed by atoms with Crippen LogP contribution in [0.15, 0.2) is 16.5 Å². The molecule has 16 heavy (non-hydrogen) atoms. The molecule has 0 saturated heterocycles. The topological polar surface area (TPSA) is 42.4 Å². The fourth-order valence-electron chi connectivity index (χ4n) is 1.82. The molecule has 0 fully saturated rings. The van der Waals surface area contributed by atoms with Gasteiger partial charge in [-0.1, -0.05) is 13.8 Å². The van der Waals surface area contributed by atoms with Gasteiger partial charge in [0.25, 0.3) is 0 Å². The van der Waals surface area contributed by atoms with Crippen LogP contribution in [0.3, 0.4) is 0 Å². The number of nitrogens with zero attached hydrogens (tertiary/aromatic N) is 1. The van der Waals surface area contributed by atoms with Crippen molar-refractivity contribution in [2.75, 3.05) is 13.6 Å². The molecule has 1 heterocycles. The van der Waals surface area contributed by atoms with E-state index in [0.29, 0.717) is 12.5 Å². The normalized spacial score (nSPS) is 15.8. The fraction of sp³-hybridized carbons (Fsp3) is 0.692. The van der Waals surface area contributed by atoms with Gasteiger partial charge < -0.3 is 10.2 Å². The van der Waals surface area contributed by atoms with Crippen molar-refractivity contribution in [2.24, 2.45) is 11.7 Å². The summed E-state index contributed by atoms with van der Waals surface area (Å²) in [6.45, 7) is 10.0. The van der Waals surface area contributed by atoms with Crippen molar-refractivity contribution in [2.45, 2.75) is 39.8 Å². The van der Waals surface area contributed by atoms with E-state index < -0.39 is 0 Å². The van der Waals surface area contributed by atoms with E-state index in [1.165, 1.54) is 0 Å². The van der Waals surface area contributed by atoms with Crippen LogP contribution in [-0.4, -0.2) is 24.0 Å². The highest BCUT2D eigenvalue weighted by Gasteiger charge is 2.31. The molecule has 1 aromatic heterocycles. The highest BCUT2D eigenvalue weighted by molar-refractivity contribution is 5.06. The molecule has 1 rings (SSSR count). The van der Waals surface area contributed by atoms with Gasteiger partial charge in [0.2, 0.25) is 0 Å². The van der Waals surface area contributed by atoms with Gasteiger partial charge in [0, 0.05) is 12.1 Å². The van der Waals surface area contributed by atoms with Crippen molar-refractivity contribution in [3.63, 3.8) is 0 Å². The Balaban J connectivity index is 2.73. The lowest BCUT2D eigenvalue weighted by atomic mass is 9.87. The summed E-state index contributed by atoms with van der Waals surface area (Å²) in [4.78, 5) is 2.27. The highest BCUT2D eigenvalue weighted by atomic mass is 16.3. The van der Waals surface area contributed by atoms with Crippen LogP contribution in [0, 0.1) is 12.8 Å². The van der Waals surface area contributed by atoms with Crippen LogP contribution in [0.5, 0.6) is 0 Å². The monoisotopic (exact) mass is 224 g/mol. The van der Waals surface area contributed by atoms with Gasteiger partial charge in [-0.15, -0.1) is 0 Å². The molecule has 1 atom stereocenters. The molecule has 0 aliphatic heterocycles. The summed E-state index contributed by atoms with van der Waals surface area (Å²) >= 11 is 0. The molecule has 3 heteroatoms. The quantitative estimate of drug-likeness (QED) is 0.835. The van der Waals surface area contributed by atoms with Crippen molar-refractivity contribution in [1.29, 1.82) is 0 Å². The van der Waals surface area contributed by atoms with Crippen molar-refractivity contribution in [1.82, 2.24) is 4.90 Å². The molecule has 0 aromatic carbocycles. The molecule has 0 radical (unpaired) electrons. The third-order valence-electron chi connectivity index (χ3n) is 3.72. The van der Waals surface area contributed by atoms with Gasteiger partial charge in [-0.05, 0) is 38.9 Å². The molecule has 1 aromatic rings. The summed E-state index contributed by atoms with van der Waals surface area (Å²) in [6.07, 6.45) is 0. The van der Waals surface area contributed by atoms with Crippen LogP contribution < -0.4 is 5.73 Å². The Morgan fingerprint density at radius 2 is 2.06 bits per heavy atom. The Morgan fingerprint density at radius 3 is 2.44 bits per heavy atom. The first-order chi connectivity index (χ1) is 7.40. The average molecular weight is 224 g/mol. The van der Waals surface area contributed by atoms with Crippen LogP contribution >= 0.6 is 0 Å². The predicted octanol–water partition coefficient (Wildman–Crippen LogP) is 2.39. The maximum atomic E-state index is 5.90. The predicted molar refractivity (Wildman–Crippen MR) is 67.2 cm³/mol. The Labute approximate surface area is 98.6 Å². The zero-order chi connectivity index (χ0) is 12.3. The molecular formula is C13H24N2O. The second-order valence-electron chi connectivity index (χ2n) is 5.08. The zero-order valence-corrected chi connectivity index (χ0v) is 11.1.